The van der Waals surface area contributed by atoms with Gasteiger partial charge < -0.3 is 9.47 Å². The predicted molar refractivity (Wildman–Crippen MR) is 124 cm³/mol. The number of alkyl halides is 3. The highest BCUT2D eigenvalue weighted by atomic mass is 19.4. The van der Waals surface area contributed by atoms with Gasteiger partial charge in [0.15, 0.2) is 5.65 Å². The van der Waals surface area contributed by atoms with Crippen molar-refractivity contribution in [3.05, 3.63) is 71.8 Å². The molecule has 0 radical (unpaired) electrons. The molecule has 2 unspecified atom stereocenters. The molecule has 1 aliphatic carbocycles. The Hall–Kier alpha value is -4.28. The normalized spacial score (nSPS) is 17.5. The van der Waals surface area contributed by atoms with Gasteiger partial charge in [-0.15, -0.1) is 0 Å². The number of methoxy groups -OCH3 is 2. The standard InChI is InChI=1S/C25H19F3N6O2/c1-35-23-18(12-31-24(32-23)36-2)20-10-17(22-29-6-7-34(22)33-20)16-9-15(16)14-8-13-4-3-5-19(25(26,27)28)21(13)30-11-14/h3-8,10-12,15-16H,9H2,1-2H3. The highest BCUT2D eigenvalue weighted by molar-refractivity contribution is 5.83. The number of halogens is 3. The van der Waals surface area contributed by atoms with Gasteiger partial charge in [-0.3, -0.25) is 4.98 Å². The van der Waals surface area contributed by atoms with Crippen LogP contribution in [-0.4, -0.2) is 43.8 Å². The van der Waals surface area contributed by atoms with Gasteiger partial charge in [0.2, 0.25) is 5.88 Å². The quantitative estimate of drug-likeness (QED) is 0.340. The van der Waals surface area contributed by atoms with Crippen LogP contribution in [0.4, 0.5) is 13.2 Å². The van der Waals surface area contributed by atoms with Crippen molar-refractivity contribution < 1.29 is 22.6 Å². The lowest BCUT2D eigenvalue weighted by Crippen LogP contribution is -2.06. The van der Waals surface area contributed by atoms with Crippen molar-refractivity contribution >= 4 is 16.6 Å². The SMILES string of the molecule is COc1ncc(-c2cc(C3CC3c3cnc4c(C(F)(F)F)cccc4c3)c3nccn3n2)c(OC)n1. The highest BCUT2D eigenvalue weighted by Gasteiger charge is 2.42. The summed E-state index contributed by atoms with van der Waals surface area (Å²) in [6.07, 6.45) is 2.93. The van der Waals surface area contributed by atoms with E-state index in [4.69, 9.17) is 9.47 Å². The summed E-state index contributed by atoms with van der Waals surface area (Å²) in [5.41, 5.74) is 3.00. The largest absolute Gasteiger partial charge is 0.480 e. The van der Waals surface area contributed by atoms with E-state index in [0.29, 0.717) is 28.2 Å². The first-order valence-electron chi connectivity index (χ1n) is 11.1. The lowest BCUT2D eigenvalue weighted by molar-refractivity contribution is -0.136. The van der Waals surface area contributed by atoms with Crippen LogP contribution in [0, 0.1) is 0 Å². The Labute approximate surface area is 202 Å². The monoisotopic (exact) mass is 492 g/mol. The molecule has 0 aliphatic heterocycles. The first kappa shape index (κ1) is 22.2. The second kappa shape index (κ2) is 8.14. The zero-order valence-corrected chi connectivity index (χ0v) is 19.2. The lowest BCUT2D eigenvalue weighted by Gasteiger charge is -2.11. The Balaban J connectivity index is 1.39. The molecule has 1 saturated carbocycles. The van der Waals surface area contributed by atoms with E-state index in [1.165, 1.54) is 20.3 Å². The molecule has 0 bridgehead atoms. The molecule has 36 heavy (non-hydrogen) atoms. The minimum Gasteiger partial charge on any atom is -0.480 e. The first-order valence-corrected chi connectivity index (χ1v) is 11.1. The molecule has 4 aromatic heterocycles. The molecule has 8 nitrogen and oxygen atoms in total. The fourth-order valence-electron chi connectivity index (χ4n) is 4.64. The van der Waals surface area contributed by atoms with Crippen molar-refractivity contribution in [1.82, 2.24) is 29.5 Å². The maximum Gasteiger partial charge on any atom is 0.418 e. The number of hydrogen-bond donors (Lipinski definition) is 0. The maximum atomic E-state index is 13.4. The van der Waals surface area contributed by atoms with Crippen LogP contribution in [-0.2, 0) is 6.18 Å². The number of imidazole rings is 1. The van der Waals surface area contributed by atoms with Crippen LogP contribution < -0.4 is 9.47 Å². The van der Waals surface area contributed by atoms with Crippen LogP contribution >= 0.6 is 0 Å². The average Bonchev–Trinajstić information content (AvgIpc) is 3.54. The van der Waals surface area contributed by atoms with Gasteiger partial charge in [0.25, 0.3) is 0 Å². The Bertz CT molecular complexity index is 1620. The van der Waals surface area contributed by atoms with Crippen LogP contribution in [0.2, 0.25) is 0 Å². The molecule has 182 valence electrons. The van der Waals surface area contributed by atoms with Crippen LogP contribution in [0.1, 0.15) is 34.9 Å². The van der Waals surface area contributed by atoms with Crippen LogP contribution in [0.3, 0.4) is 0 Å². The van der Waals surface area contributed by atoms with Gasteiger partial charge in [0.1, 0.15) is 0 Å². The summed E-state index contributed by atoms with van der Waals surface area (Å²) in [4.78, 5) is 17.1. The number of rotatable bonds is 5. The van der Waals surface area contributed by atoms with E-state index in [1.807, 2.05) is 6.07 Å². The fourth-order valence-corrected chi connectivity index (χ4v) is 4.64. The number of ether oxygens (including phenoxy) is 2. The second-order valence-electron chi connectivity index (χ2n) is 8.55. The van der Waals surface area contributed by atoms with Crippen LogP contribution in [0.5, 0.6) is 11.9 Å². The number of pyridine rings is 1. The minimum absolute atomic E-state index is 0.0422. The number of nitrogens with zero attached hydrogens (tertiary/aromatic N) is 6. The van der Waals surface area contributed by atoms with Gasteiger partial charge in [-0.25, -0.2) is 14.5 Å². The van der Waals surface area contributed by atoms with Gasteiger partial charge in [-0.2, -0.15) is 23.3 Å². The van der Waals surface area contributed by atoms with Crippen molar-refractivity contribution in [1.29, 1.82) is 0 Å². The van der Waals surface area contributed by atoms with E-state index in [1.54, 1.807) is 41.4 Å². The van der Waals surface area contributed by atoms with Gasteiger partial charge in [-0.05, 0) is 42.0 Å². The van der Waals surface area contributed by atoms with E-state index < -0.39 is 11.7 Å². The molecule has 4 heterocycles. The van der Waals surface area contributed by atoms with Gasteiger partial charge >= 0.3 is 12.2 Å². The maximum absolute atomic E-state index is 13.4. The van der Waals surface area contributed by atoms with Gasteiger partial charge in [0.05, 0.1) is 36.6 Å². The Morgan fingerprint density at radius 3 is 2.64 bits per heavy atom. The third kappa shape index (κ3) is 3.67. The number of fused-ring (bicyclic) bond motifs is 2. The van der Waals surface area contributed by atoms with E-state index in [2.05, 4.69) is 25.0 Å². The number of aromatic nitrogens is 6. The van der Waals surface area contributed by atoms with Crippen molar-refractivity contribution in [2.24, 2.45) is 0 Å². The lowest BCUT2D eigenvalue weighted by atomic mass is 10.0. The van der Waals surface area contributed by atoms with Crippen molar-refractivity contribution in [3.8, 4) is 23.1 Å². The summed E-state index contributed by atoms with van der Waals surface area (Å²) in [7, 11) is 2.98. The molecule has 1 fully saturated rings. The number of para-hydroxylation sites is 1. The molecular formula is C25H19F3N6O2. The molecular weight excluding hydrogens is 473 g/mol. The smallest absolute Gasteiger partial charge is 0.418 e. The second-order valence-corrected chi connectivity index (χ2v) is 8.55. The van der Waals surface area contributed by atoms with Crippen molar-refractivity contribution in [2.45, 2.75) is 24.4 Å². The van der Waals surface area contributed by atoms with E-state index in [9.17, 15) is 13.2 Å². The molecule has 0 N–H and O–H groups in total. The molecule has 1 aromatic carbocycles. The predicted octanol–water partition coefficient (Wildman–Crippen LogP) is 5.04. The Morgan fingerprint density at radius 2 is 1.86 bits per heavy atom. The zero-order chi connectivity index (χ0) is 25.0. The summed E-state index contributed by atoms with van der Waals surface area (Å²) in [6.45, 7) is 0. The van der Waals surface area contributed by atoms with Gasteiger partial charge in [0, 0.05) is 35.7 Å². The zero-order valence-electron chi connectivity index (χ0n) is 19.2. The van der Waals surface area contributed by atoms with Crippen molar-refractivity contribution in [3.63, 3.8) is 0 Å². The molecule has 11 heteroatoms. The van der Waals surface area contributed by atoms with Crippen LogP contribution in [0.15, 0.2) is 55.1 Å². The molecule has 6 rings (SSSR count). The number of benzene rings is 1. The summed E-state index contributed by atoms with van der Waals surface area (Å²) in [5.74, 6) is 0.527. The summed E-state index contributed by atoms with van der Waals surface area (Å²) < 4.78 is 52.4. The molecule has 1 aliphatic rings. The molecule has 0 saturated heterocycles. The third-order valence-corrected chi connectivity index (χ3v) is 6.43. The van der Waals surface area contributed by atoms with E-state index in [0.717, 1.165) is 23.6 Å². The summed E-state index contributed by atoms with van der Waals surface area (Å²) in [5, 5.41) is 5.11. The van der Waals surface area contributed by atoms with Gasteiger partial charge in [-0.1, -0.05) is 12.1 Å². The Kier molecular flexibility index (Phi) is 5.02. The minimum atomic E-state index is -4.46. The number of hydrogen-bond acceptors (Lipinski definition) is 7. The topological polar surface area (TPSA) is 87.3 Å². The first-order chi connectivity index (χ1) is 17.4. The Morgan fingerprint density at radius 1 is 1.00 bits per heavy atom. The molecule has 2 atom stereocenters. The van der Waals surface area contributed by atoms with E-state index >= 15 is 0 Å². The molecule has 0 spiro atoms. The highest BCUT2D eigenvalue weighted by Crippen LogP contribution is 2.56. The fraction of sp³-hybridized carbons (Fsp3) is 0.240. The molecule has 5 aromatic rings. The average molecular weight is 492 g/mol. The third-order valence-electron chi connectivity index (χ3n) is 6.43. The van der Waals surface area contributed by atoms with E-state index in [-0.39, 0.29) is 23.4 Å². The summed E-state index contributed by atoms with van der Waals surface area (Å²) >= 11 is 0. The van der Waals surface area contributed by atoms with Crippen LogP contribution in [0.25, 0.3) is 27.8 Å². The summed E-state index contributed by atoms with van der Waals surface area (Å²) in [6, 6.07) is 8.05. The molecule has 0 amide bonds. The van der Waals surface area contributed by atoms with Crippen molar-refractivity contribution in [2.75, 3.05) is 14.2 Å².